The fraction of sp³-hybridized carbons (Fsp3) is 0.667. The third-order valence-corrected chi connectivity index (χ3v) is 1.36. The van der Waals surface area contributed by atoms with E-state index in [1.54, 1.807) is 10.9 Å². The lowest BCUT2D eigenvalue weighted by atomic mass is 10.4. The molecule has 0 aliphatic heterocycles. The van der Waals surface area contributed by atoms with Crippen molar-refractivity contribution in [1.29, 1.82) is 0 Å². The van der Waals surface area contributed by atoms with Gasteiger partial charge in [-0.3, -0.25) is 0 Å². The van der Waals surface area contributed by atoms with Gasteiger partial charge in [-0.25, -0.2) is 9.07 Å². The van der Waals surface area contributed by atoms with Crippen molar-refractivity contribution >= 4 is 0 Å². The summed E-state index contributed by atoms with van der Waals surface area (Å²) in [6.45, 7) is 1.94. The van der Waals surface area contributed by atoms with Gasteiger partial charge >= 0.3 is 0 Å². The van der Waals surface area contributed by atoms with Crippen LogP contribution in [-0.4, -0.2) is 21.7 Å². The van der Waals surface area contributed by atoms with Gasteiger partial charge in [-0.15, -0.1) is 5.10 Å². The van der Waals surface area contributed by atoms with Gasteiger partial charge in [0.05, 0.1) is 18.4 Å². The van der Waals surface area contributed by atoms with Crippen LogP contribution in [-0.2, 0) is 13.0 Å². The topological polar surface area (TPSA) is 30.7 Å². The molecule has 56 valence electrons. The van der Waals surface area contributed by atoms with E-state index in [1.807, 2.05) is 6.92 Å². The van der Waals surface area contributed by atoms with Crippen molar-refractivity contribution in [3.63, 3.8) is 0 Å². The molecule has 0 spiro atoms. The van der Waals surface area contributed by atoms with E-state index in [0.29, 0.717) is 6.54 Å². The number of halogens is 1. The maximum absolute atomic E-state index is 11.8. The summed E-state index contributed by atoms with van der Waals surface area (Å²) in [5.74, 6) is 0. The van der Waals surface area contributed by atoms with Crippen molar-refractivity contribution in [1.82, 2.24) is 15.0 Å². The van der Waals surface area contributed by atoms with E-state index in [2.05, 4.69) is 10.3 Å². The molecule has 0 atom stereocenters. The van der Waals surface area contributed by atoms with Gasteiger partial charge in [-0.05, 0) is 6.42 Å². The lowest BCUT2D eigenvalue weighted by Crippen LogP contribution is -2.05. The van der Waals surface area contributed by atoms with Gasteiger partial charge in [0.15, 0.2) is 0 Å². The Morgan fingerprint density at radius 3 is 3.10 bits per heavy atom. The van der Waals surface area contributed by atoms with Crippen molar-refractivity contribution in [3.8, 4) is 0 Å². The number of hydrogen-bond donors (Lipinski definition) is 0. The zero-order valence-electron chi connectivity index (χ0n) is 5.92. The largest absolute Gasteiger partial charge is 0.249 e. The minimum absolute atomic E-state index is 0.323. The minimum Gasteiger partial charge on any atom is -0.249 e. The highest BCUT2D eigenvalue weighted by molar-refractivity contribution is 4.92. The van der Waals surface area contributed by atoms with Crippen LogP contribution < -0.4 is 0 Å². The van der Waals surface area contributed by atoms with Crippen molar-refractivity contribution in [2.24, 2.45) is 0 Å². The Hall–Kier alpha value is -0.930. The number of nitrogens with zero attached hydrogens (tertiary/aromatic N) is 3. The highest BCUT2D eigenvalue weighted by Crippen LogP contribution is 1.95. The maximum Gasteiger partial charge on any atom is 0.109 e. The van der Waals surface area contributed by atoms with E-state index in [1.165, 1.54) is 0 Å². The molecule has 1 aromatic rings. The smallest absolute Gasteiger partial charge is 0.109 e. The summed E-state index contributed by atoms with van der Waals surface area (Å²) in [6, 6.07) is 0. The van der Waals surface area contributed by atoms with Crippen LogP contribution in [0.25, 0.3) is 0 Å². The van der Waals surface area contributed by atoms with Gasteiger partial charge in [0.1, 0.15) is 6.67 Å². The lowest BCUT2D eigenvalue weighted by Gasteiger charge is -1.98. The number of alkyl halides is 1. The highest BCUT2D eigenvalue weighted by Gasteiger charge is 1.98. The first kappa shape index (κ1) is 7.18. The molecule has 10 heavy (non-hydrogen) atoms. The van der Waals surface area contributed by atoms with Crippen LogP contribution in [0.5, 0.6) is 0 Å². The fourth-order valence-electron chi connectivity index (χ4n) is 0.821. The normalized spacial score (nSPS) is 10.2. The van der Waals surface area contributed by atoms with Crippen molar-refractivity contribution < 1.29 is 4.39 Å². The number of hydrogen-bond acceptors (Lipinski definition) is 2. The van der Waals surface area contributed by atoms with Gasteiger partial charge in [-0.2, -0.15) is 0 Å². The molecule has 3 nitrogen and oxygen atoms in total. The minimum atomic E-state index is -0.379. The molecular weight excluding hydrogens is 133 g/mol. The Bertz CT molecular complexity index is 197. The summed E-state index contributed by atoms with van der Waals surface area (Å²) < 4.78 is 13.4. The first-order valence-electron chi connectivity index (χ1n) is 3.31. The first-order chi connectivity index (χ1) is 4.88. The molecular formula is C6H10FN3. The van der Waals surface area contributed by atoms with Gasteiger partial charge < -0.3 is 0 Å². The quantitative estimate of drug-likeness (QED) is 0.626. The second kappa shape index (κ2) is 3.29. The van der Waals surface area contributed by atoms with E-state index in [-0.39, 0.29) is 6.67 Å². The average molecular weight is 143 g/mol. The molecule has 0 saturated heterocycles. The van der Waals surface area contributed by atoms with Gasteiger partial charge in [0, 0.05) is 0 Å². The van der Waals surface area contributed by atoms with Gasteiger partial charge in [0.25, 0.3) is 0 Å². The molecule has 0 saturated carbocycles. The molecule has 0 fully saturated rings. The zero-order chi connectivity index (χ0) is 7.40. The van der Waals surface area contributed by atoms with Crippen LogP contribution in [0.3, 0.4) is 0 Å². The van der Waals surface area contributed by atoms with Gasteiger partial charge in [-0.1, -0.05) is 12.1 Å². The average Bonchev–Trinajstić information content (AvgIpc) is 2.36. The summed E-state index contributed by atoms with van der Waals surface area (Å²) in [5, 5.41) is 7.36. The molecule has 1 aromatic heterocycles. The molecule has 0 amide bonds. The molecule has 0 bridgehead atoms. The van der Waals surface area contributed by atoms with Crippen LogP contribution in [0.2, 0.25) is 0 Å². The van der Waals surface area contributed by atoms with Crippen molar-refractivity contribution in [2.45, 2.75) is 19.9 Å². The summed E-state index contributed by atoms with van der Waals surface area (Å²) >= 11 is 0. The molecule has 1 heterocycles. The Morgan fingerprint density at radius 1 is 1.70 bits per heavy atom. The van der Waals surface area contributed by atoms with E-state index in [0.717, 1.165) is 12.1 Å². The molecule has 0 unspecified atom stereocenters. The van der Waals surface area contributed by atoms with E-state index in [4.69, 9.17) is 0 Å². The Balaban J connectivity index is 2.70. The van der Waals surface area contributed by atoms with Crippen LogP contribution >= 0.6 is 0 Å². The Labute approximate surface area is 58.9 Å². The van der Waals surface area contributed by atoms with E-state index in [9.17, 15) is 4.39 Å². The second-order valence-corrected chi connectivity index (χ2v) is 1.99. The number of rotatable bonds is 3. The molecule has 1 rings (SSSR count). The Kier molecular flexibility index (Phi) is 2.36. The van der Waals surface area contributed by atoms with Crippen LogP contribution in [0.1, 0.15) is 12.6 Å². The summed E-state index contributed by atoms with van der Waals surface area (Å²) in [5.41, 5.74) is 0.984. The molecule has 4 heteroatoms. The third-order valence-electron chi connectivity index (χ3n) is 1.36. The number of aryl methyl sites for hydroxylation is 2. The molecule has 0 radical (unpaired) electrons. The molecule has 0 aromatic carbocycles. The summed E-state index contributed by atoms with van der Waals surface area (Å²) in [7, 11) is 0. The molecule has 0 aliphatic rings. The zero-order valence-corrected chi connectivity index (χ0v) is 5.92. The predicted octanol–water partition coefficient (Wildman–Crippen LogP) is 0.810. The van der Waals surface area contributed by atoms with Gasteiger partial charge in [0.2, 0.25) is 0 Å². The van der Waals surface area contributed by atoms with E-state index >= 15 is 0 Å². The SMILES string of the molecule is CCc1cnnn1CCF. The standard InChI is InChI=1S/C6H10FN3/c1-2-6-5-8-9-10(6)4-3-7/h5H,2-4H2,1H3. The second-order valence-electron chi connectivity index (χ2n) is 1.99. The first-order valence-corrected chi connectivity index (χ1v) is 3.31. The molecule has 0 aliphatic carbocycles. The third kappa shape index (κ3) is 1.32. The molecule has 0 N–H and O–H groups in total. The van der Waals surface area contributed by atoms with Crippen molar-refractivity contribution in [3.05, 3.63) is 11.9 Å². The van der Waals surface area contributed by atoms with Crippen LogP contribution in [0, 0.1) is 0 Å². The number of aromatic nitrogens is 3. The predicted molar refractivity (Wildman–Crippen MR) is 35.4 cm³/mol. The van der Waals surface area contributed by atoms with E-state index < -0.39 is 0 Å². The lowest BCUT2D eigenvalue weighted by molar-refractivity contribution is 0.415. The van der Waals surface area contributed by atoms with Crippen LogP contribution in [0.15, 0.2) is 6.20 Å². The Morgan fingerprint density at radius 2 is 2.50 bits per heavy atom. The maximum atomic E-state index is 11.8. The van der Waals surface area contributed by atoms with Crippen molar-refractivity contribution in [2.75, 3.05) is 6.67 Å². The van der Waals surface area contributed by atoms with Crippen LogP contribution in [0.4, 0.5) is 4.39 Å². The monoisotopic (exact) mass is 143 g/mol. The summed E-state index contributed by atoms with van der Waals surface area (Å²) in [4.78, 5) is 0. The fourth-order valence-corrected chi connectivity index (χ4v) is 0.821. The highest BCUT2D eigenvalue weighted by atomic mass is 19.1. The summed E-state index contributed by atoms with van der Waals surface area (Å²) in [6.07, 6.45) is 2.52.